The molecule has 15 heavy (non-hydrogen) atoms. The van der Waals surface area contributed by atoms with Crippen LogP contribution in [-0.2, 0) is 4.79 Å². The van der Waals surface area contributed by atoms with E-state index in [2.05, 4.69) is 0 Å². The highest BCUT2D eigenvalue weighted by Gasteiger charge is 2.33. The largest absolute Gasteiger partial charge is 0.406 e. The van der Waals surface area contributed by atoms with Crippen molar-refractivity contribution in [3.8, 4) is 0 Å². The standard InChI is InChI=1S/C9H17F3N2O/c1-3-7(5-13)8(15)14(4-2)6-9(10,11)12/h7H,3-6,13H2,1-2H3. The lowest BCUT2D eigenvalue weighted by molar-refractivity contribution is -0.163. The highest BCUT2D eigenvalue weighted by molar-refractivity contribution is 5.79. The van der Waals surface area contributed by atoms with Crippen LogP contribution in [0.1, 0.15) is 20.3 Å². The van der Waals surface area contributed by atoms with E-state index in [-0.39, 0.29) is 13.1 Å². The molecule has 0 aromatic carbocycles. The number of hydrogen-bond acceptors (Lipinski definition) is 2. The smallest absolute Gasteiger partial charge is 0.334 e. The molecule has 0 aliphatic rings. The number of carbonyl (C=O) groups excluding carboxylic acids is 1. The van der Waals surface area contributed by atoms with E-state index in [0.29, 0.717) is 6.42 Å². The second kappa shape index (κ2) is 5.95. The topological polar surface area (TPSA) is 46.3 Å². The molecule has 0 saturated carbocycles. The summed E-state index contributed by atoms with van der Waals surface area (Å²) < 4.78 is 36.3. The van der Waals surface area contributed by atoms with Gasteiger partial charge in [-0.15, -0.1) is 0 Å². The highest BCUT2D eigenvalue weighted by atomic mass is 19.4. The number of alkyl halides is 3. The van der Waals surface area contributed by atoms with Gasteiger partial charge in [0.2, 0.25) is 5.91 Å². The first-order valence-electron chi connectivity index (χ1n) is 4.91. The molecule has 0 aromatic rings. The van der Waals surface area contributed by atoms with Crippen LogP contribution in [0.5, 0.6) is 0 Å². The lowest BCUT2D eigenvalue weighted by Gasteiger charge is -2.25. The average molecular weight is 226 g/mol. The third-order valence-electron chi connectivity index (χ3n) is 2.19. The van der Waals surface area contributed by atoms with Gasteiger partial charge in [0.05, 0.1) is 5.92 Å². The number of nitrogens with zero attached hydrogens (tertiary/aromatic N) is 1. The summed E-state index contributed by atoms with van der Waals surface area (Å²) in [6.07, 6.45) is -3.89. The second-order valence-electron chi connectivity index (χ2n) is 3.31. The Morgan fingerprint density at radius 1 is 1.40 bits per heavy atom. The molecule has 0 aromatic heterocycles. The summed E-state index contributed by atoms with van der Waals surface area (Å²) in [6, 6.07) is 0. The molecule has 0 aliphatic heterocycles. The van der Waals surface area contributed by atoms with Gasteiger partial charge in [0.1, 0.15) is 6.54 Å². The van der Waals surface area contributed by atoms with Gasteiger partial charge in [0.15, 0.2) is 0 Å². The Kier molecular flexibility index (Phi) is 5.64. The third kappa shape index (κ3) is 5.01. The molecule has 0 rings (SSSR count). The van der Waals surface area contributed by atoms with Gasteiger partial charge in [-0.05, 0) is 13.3 Å². The molecule has 0 fully saturated rings. The van der Waals surface area contributed by atoms with Gasteiger partial charge in [-0.1, -0.05) is 6.92 Å². The lowest BCUT2D eigenvalue weighted by Crippen LogP contribution is -2.43. The number of carbonyl (C=O) groups is 1. The quantitative estimate of drug-likeness (QED) is 0.769. The van der Waals surface area contributed by atoms with E-state index in [1.54, 1.807) is 6.92 Å². The second-order valence-corrected chi connectivity index (χ2v) is 3.31. The van der Waals surface area contributed by atoms with Gasteiger partial charge >= 0.3 is 6.18 Å². The van der Waals surface area contributed by atoms with E-state index >= 15 is 0 Å². The van der Waals surface area contributed by atoms with Crippen molar-refractivity contribution in [1.82, 2.24) is 4.90 Å². The summed E-state index contributed by atoms with van der Waals surface area (Å²) >= 11 is 0. The van der Waals surface area contributed by atoms with E-state index in [0.717, 1.165) is 4.90 Å². The summed E-state index contributed by atoms with van der Waals surface area (Å²) in [6.45, 7) is 2.20. The minimum Gasteiger partial charge on any atom is -0.334 e. The normalized spacial score (nSPS) is 13.7. The van der Waals surface area contributed by atoms with E-state index in [1.807, 2.05) is 0 Å². The minimum atomic E-state index is -4.35. The molecule has 0 aliphatic carbocycles. The lowest BCUT2D eigenvalue weighted by atomic mass is 10.1. The maximum absolute atomic E-state index is 12.1. The molecular formula is C9H17F3N2O. The molecule has 0 radical (unpaired) electrons. The fourth-order valence-electron chi connectivity index (χ4n) is 1.26. The molecule has 0 spiro atoms. The van der Waals surface area contributed by atoms with E-state index in [4.69, 9.17) is 5.73 Å². The highest BCUT2D eigenvalue weighted by Crippen LogP contribution is 2.18. The predicted octanol–water partition coefficient (Wildman–Crippen LogP) is 1.38. The molecule has 0 heterocycles. The zero-order valence-electron chi connectivity index (χ0n) is 8.97. The molecular weight excluding hydrogens is 209 g/mol. The van der Waals surface area contributed by atoms with Crippen LogP contribution in [0.15, 0.2) is 0 Å². The molecule has 2 N–H and O–H groups in total. The average Bonchev–Trinajstić information content (AvgIpc) is 2.14. The SMILES string of the molecule is CCC(CN)C(=O)N(CC)CC(F)(F)F. The van der Waals surface area contributed by atoms with Crippen molar-refractivity contribution in [2.45, 2.75) is 26.4 Å². The fourth-order valence-corrected chi connectivity index (χ4v) is 1.26. The molecule has 6 heteroatoms. The summed E-state index contributed by atoms with van der Waals surface area (Å²) in [5, 5.41) is 0. The Morgan fingerprint density at radius 2 is 1.93 bits per heavy atom. The van der Waals surface area contributed by atoms with Crippen LogP contribution in [0.4, 0.5) is 13.2 Å². The van der Waals surface area contributed by atoms with Gasteiger partial charge < -0.3 is 10.6 Å². The van der Waals surface area contributed by atoms with Gasteiger partial charge in [-0.3, -0.25) is 4.79 Å². The Bertz CT molecular complexity index is 202. The Labute approximate surface area is 87.4 Å². The predicted molar refractivity (Wildman–Crippen MR) is 51.1 cm³/mol. The van der Waals surface area contributed by atoms with Crippen molar-refractivity contribution in [2.75, 3.05) is 19.6 Å². The maximum Gasteiger partial charge on any atom is 0.406 e. The van der Waals surface area contributed by atoms with Gasteiger partial charge in [-0.25, -0.2) is 0 Å². The summed E-state index contributed by atoms with van der Waals surface area (Å²) in [5.74, 6) is -1.02. The van der Waals surface area contributed by atoms with E-state index < -0.39 is 24.5 Å². The monoisotopic (exact) mass is 226 g/mol. The summed E-state index contributed by atoms with van der Waals surface area (Å²) in [4.78, 5) is 12.4. The van der Waals surface area contributed by atoms with Crippen LogP contribution in [0.2, 0.25) is 0 Å². The zero-order valence-corrected chi connectivity index (χ0v) is 8.97. The third-order valence-corrected chi connectivity index (χ3v) is 2.19. The Morgan fingerprint density at radius 3 is 2.20 bits per heavy atom. The summed E-state index contributed by atoms with van der Waals surface area (Å²) in [7, 11) is 0. The molecule has 0 bridgehead atoms. The van der Waals surface area contributed by atoms with E-state index in [1.165, 1.54) is 6.92 Å². The van der Waals surface area contributed by atoms with Crippen molar-refractivity contribution < 1.29 is 18.0 Å². The Balaban J connectivity index is 4.46. The molecule has 1 atom stereocenters. The number of rotatable bonds is 5. The zero-order chi connectivity index (χ0) is 12.1. The van der Waals surface area contributed by atoms with Crippen LogP contribution < -0.4 is 5.73 Å². The van der Waals surface area contributed by atoms with Gasteiger partial charge in [0, 0.05) is 13.1 Å². The van der Waals surface area contributed by atoms with Crippen molar-refractivity contribution >= 4 is 5.91 Å². The van der Waals surface area contributed by atoms with Crippen LogP contribution >= 0.6 is 0 Å². The molecule has 1 amide bonds. The Hall–Kier alpha value is -0.780. The van der Waals surface area contributed by atoms with Gasteiger partial charge in [0.25, 0.3) is 0 Å². The van der Waals surface area contributed by atoms with Crippen molar-refractivity contribution in [2.24, 2.45) is 11.7 Å². The number of amides is 1. The molecule has 0 saturated heterocycles. The van der Waals surface area contributed by atoms with Crippen molar-refractivity contribution in [1.29, 1.82) is 0 Å². The maximum atomic E-state index is 12.1. The van der Waals surface area contributed by atoms with Crippen LogP contribution in [0.25, 0.3) is 0 Å². The van der Waals surface area contributed by atoms with Crippen molar-refractivity contribution in [3.63, 3.8) is 0 Å². The first-order chi connectivity index (χ1) is 6.85. The van der Waals surface area contributed by atoms with Crippen LogP contribution in [0.3, 0.4) is 0 Å². The van der Waals surface area contributed by atoms with Gasteiger partial charge in [-0.2, -0.15) is 13.2 Å². The van der Waals surface area contributed by atoms with Crippen molar-refractivity contribution in [3.05, 3.63) is 0 Å². The minimum absolute atomic E-state index is 0.0504. The van der Waals surface area contributed by atoms with Crippen LogP contribution in [0, 0.1) is 5.92 Å². The molecule has 90 valence electrons. The fraction of sp³-hybridized carbons (Fsp3) is 0.889. The first-order valence-corrected chi connectivity index (χ1v) is 4.91. The molecule has 1 unspecified atom stereocenters. The first kappa shape index (κ1) is 14.2. The molecule has 3 nitrogen and oxygen atoms in total. The van der Waals surface area contributed by atoms with Crippen LogP contribution in [-0.4, -0.2) is 36.6 Å². The van der Waals surface area contributed by atoms with E-state index in [9.17, 15) is 18.0 Å². The number of hydrogen-bond donors (Lipinski definition) is 1. The summed E-state index contributed by atoms with van der Waals surface area (Å²) in [5.41, 5.74) is 5.31. The number of nitrogens with two attached hydrogens (primary N) is 1. The number of halogens is 3.